The summed E-state index contributed by atoms with van der Waals surface area (Å²) in [6.07, 6.45) is 5.12. The number of nitrogens with one attached hydrogen (secondary N) is 1. The van der Waals surface area contributed by atoms with Crippen molar-refractivity contribution in [3.05, 3.63) is 65.6 Å². The molecule has 4 amide bonds. The van der Waals surface area contributed by atoms with Crippen LogP contribution in [0.5, 0.6) is 11.5 Å². The maximum Gasteiger partial charge on any atom is 0.331 e. The van der Waals surface area contributed by atoms with Crippen molar-refractivity contribution in [2.24, 2.45) is 0 Å². The molecule has 1 aliphatic heterocycles. The Morgan fingerprint density at radius 3 is 2.58 bits per heavy atom. The average molecular weight is 424 g/mol. The normalized spacial score (nSPS) is 15.2. The number of imide groups is 2. The molecule has 1 aliphatic rings. The van der Waals surface area contributed by atoms with Crippen molar-refractivity contribution in [3.8, 4) is 11.5 Å². The summed E-state index contributed by atoms with van der Waals surface area (Å²) in [5.74, 6) is 0.0541. The monoisotopic (exact) mass is 424 g/mol. The summed E-state index contributed by atoms with van der Waals surface area (Å²) >= 11 is 0. The highest BCUT2D eigenvalue weighted by Crippen LogP contribution is 2.35. The van der Waals surface area contributed by atoms with Gasteiger partial charge in [-0.1, -0.05) is 6.08 Å². The maximum atomic E-state index is 12.9. The molecule has 0 saturated carbocycles. The number of carbonyl (C=O) groups excluding carboxylic acids is 3. The van der Waals surface area contributed by atoms with Crippen molar-refractivity contribution in [3.63, 3.8) is 0 Å². The third-order valence-corrected chi connectivity index (χ3v) is 4.50. The fourth-order valence-corrected chi connectivity index (χ4v) is 3.21. The molecule has 3 rings (SSSR count). The molecule has 1 saturated heterocycles. The molecule has 8 heteroatoms. The lowest BCUT2D eigenvalue weighted by Gasteiger charge is -2.25. The second-order valence-corrected chi connectivity index (χ2v) is 6.65. The van der Waals surface area contributed by atoms with Gasteiger partial charge in [-0.3, -0.25) is 19.8 Å². The number of hydrogen-bond acceptors (Lipinski definition) is 6. The first kappa shape index (κ1) is 21.9. The van der Waals surface area contributed by atoms with E-state index in [1.807, 2.05) is 13.8 Å². The standard InChI is InChI=1S/C23H24N2O6/c1-4-8-16-11-15(13-19(29-5-2)20(16)30-6-3)12-18-21(26)24-23(28)25(22(18)27)14-17-9-7-10-31-17/h4,7,9-13H,1,5-6,8,14H2,2-3H3,(H,24,26,28)/b18-12+. The predicted octanol–water partition coefficient (Wildman–Crippen LogP) is 3.47. The zero-order valence-electron chi connectivity index (χ0n) is 17.5. The van der Waals surface area contributed by atoms with E-state index in [1.165, 1.54) is 12.3 Å². The highest BCUT2D eigenvalue weighted by Gasteiger charge is 2.36. The minimum atomic E-state index is -0.794. The number of barbiturate groups is 1. The second kappa shape index (κ2) is 9.80. The first-order chi connectivity index (χ1) is 15.0. The molecule has 1 aromatic heterocycles. The first-order valence-corrected chi connectivity index (χ1v) is 9.93. The van der Waals surface area contributed by atoms with Crippen LogP contribution in [0.1, 0.15) is 30.7 Å². The fraction of sp³-hybridized carbons (Fsp3) is 0.261. The molecular formula is C23H24N2O6. The van der Waals surface area contributed by atoms with Gasteiger partial charge in [-0.15, -0.1) is 6.58 Å². The van der Waals surface area contributed by atoms with Gasteiger partial charge in [-0.25, -0.2) is 4.79 Å². The van der Waals surface area contributed by atoms with E-state index in [1.54, 1.807) is 30.3 Å². The molecule has 162 valence electrons. The van der Waals surface area contributed by atoms with Crippen molar-refractivity contribution >= 4 is 23.9 Å². The molecule has 0 radical (unpaired) electrons. The highest BCUT2D eigenvalue weighted by atomic mass is 16.5. The largest absolute Gasteiger partial charge is 0.490 e. The molecule has 0 spiro atoms. The van der Waals surface area contributed by atoms with Gasteiger partial charge in [0.25, 0.3) is 11.8 Å². The van der Waals surface area contributed by atoms with Gasteiger partial charge in [0.05, 0.1) is 26.0 Å². The van der Waals surface area contributed by atoms with Crippen LogP contribution in [-0.4, -0.2) is 36.0 Å². The second-order valence-electron chi connectivity index (χ2n) is 6.65. The van der Waals surface area contributed by atoms with E-state index in [0.717, 1.165) is 10.5 Å². The number of benzene rings is 1. The quantitative estimate of drug-likeness (QED) is 0.376. The van der Waals surface area contributed by atoms with Gasteiger partial charge in [0.1, 0.15) is 11.3 Å². The summed E-state index contributed by atoms with van der Waals surface area (Å²) in [4.78, 5) is 38.5. The Kier molecular flexibility index (Phi) is 6.92. The van der Waals surface area contributed by atoms with Gasteiger partial charge in [0.15, 0.2) is 11.5 Å². The number of carbonyl (C=O) groups is 3. The zero-order valence-corrected chi connectivity index (χ0v) is 17.5. The third-order valence-electron chi connectivity index (χ3n) is 4.50. The maximum absolute atomic E-state index is 12.9. The van der Waals surface area contributed by atoms with Crippen molar-refractivity contribution < 1.29 is 28.3 Å². The smallest absolute Gasteiger partial charge is 0.331 e. The Labute approximate surface area is 180 Å². The molecule has 0 unspecified atom stereocenters. The molecule has 2 aromatic rings. The van der Waals surface area contributed by atoms with E-state index in [-0.39, 0.29) is 12.1 Å². The summed E-state index contributed by atoms with van der Waals surface area (Å²) in [5.41, 5.74) is 1.21. The molecule has 0 bridgehead atoms. The van der Waals surface area contributed by atoms with Crippen molar-refractivity contribution in [2.75, 3.05) is 13.2 Å². The van der Waals surface area contributed by atoms with E-state index >= 15 is 0 Å². The Bertz CT molecular complexity index is 1020. The number of rotatable bonds is 9. The van der Waals surface area contributed by atoms with Gasteiger partial charge in [0, 0.05) is 5.56 Å². The van der Waals surface area contributed by atoms with Crippen LogP contribution in [0.4, 0.5) is 4.79 Å². The van der Waals surface area contributed by atoms with E-state index < -0.39 is 17.8 Å². The van der Waals surface area contributed by atoms with Crippen LogP contribution in [0.2, 0.25) is 0 Å². The molecule has 1 aromatic carbocycles. The lowest BCUT2D eigenvalue weighted by molar-refractivity contribution is -0.130. The summed E-state index contributed by atoms with van der Waals surface area (Å²) < 4.78 is 16.7. The summed E-state index contributed by atoms with van der Waals surface area (Å²) in [6.45, 7) is 8.28. The van der Waals surface area contributed by atoms with Crippen LogP contribution in [0.3, 0.4) is 0 Å². The fourth-order valence-electron chi connectivity index (χ4n) is 3.21. The van der Waals surface area contributed by atoms with Gasteiger partial charge in [-0.05, 0) is 56.2 Å². The number of urea groups is 1. The number of nitrogens with zero attached hydrogens (tertiary/aromatic N) is 1. The van der Waals surface area contributed by atoms with E-state index in [0.29, 0.717) is 42.5 Å². The average Bonchev–Trinajstić information content (AvgIpc) is 3.24. The molecule has 1 N–H and O–H groups in total. The van der Waals surface area contributed by atoms with Gasteiger partial charge >= 0.3 is 6.03 Å². The van der Waals surface area contributed by atoms with Gasteiger partial charge in [0.2, 0.25) is 0 Å². The molecule has 31 heavy (non-hydrogen) atoms. The third kappa shape index (κ3) is 4.85. The van der Waals surface area contributed by atoms with E-state index in [2.05, 4.69) is 11.9 Å². The predicted molar refractivity (Wildman–Crippen MR) is 113 cm³/mol. The minimum Gasteiger partial charge on any atom is -0.490 e. The number of amides is 4. The molecular weight excluding hydrogens is 400 g/mol. The van der Waals surface area contributed by atoms with Crippen LogP contribution in [-0.2, 0) is 22.6 Å². The lowest BCUT2D eigenvalue weighted by atomic mass is 10.0. The van der Waals surface area contributed by atoms with Crippen LogP contribution in [0.25, 0.3) is 6.08 Å². The van der Waals surface area contributed by atoms with Crippen LogP contribution >= 0.6 is 0 Å². The Hall–Kier alpha value is -3.81. The van der Waals surface area contributed by atoms with Crippen molar-refractivity contribution in [1.29, 1.82) is 0 Å². The topological polar surface area (TPSA) is 98.1 Å². The lowest BCUT2D eigenvalue weighted by Crippen LogP contribution is -2.53. The summed E-state index contributed by atoms with van der Waals surface area (Å²) in [7, 11) is 0. The van der Waals surface area contributed by atoms with Crippen LogP contribution in [0.15, 0.2) is 53.2 Å². The summed E-state index contributed by atoms with van der Waals surface area (Å²) in [6, 6.07) is 6.00. The number of ether oxygens (including phenoxy) is 2. The van der Waals surface area contributed by atoms with Crippen molar-refractivity contribution in [1.82, 2.24) is 10.2 Å². The molecule has 8 nitrogen and oxygen atoms in total. The molecule has 0 aliphatic carbocycles. The number of furan rings is 1. The van der Waals surface area contributed by atoms with Gasteiger partial charge < -0.3 is 13.9 Å². The van der Waals surface area contributed by atoms with E-state index in [9.17, 15) is 14.4 Å². The minimum absolute atomic E-state index is 0.0858. The Morgan fingerprint density at radius 1 is 1.16 bits per heavy atom. The number of hydrogen-bond donors (Lipinski definition) is 1. The van der Waals surface area contributed by atoms with Crippen LogP contribution < -0.4 is 14.8 Å². The molecule has 1 fully saturated rings. The van der Waals surface area contributed by atoms with Crippen molar-refractivity contribution in [2.45, 2.75) is 26.8 Å². The van der Waals surface area contributed by atoms with E-state index in [4.69, 9.17) is 13.9 Å². The molecule has 2 heterocycles. The Morgan fingerprint density at radius 2 is 1.94 bits per heavy atom. The van der Waals surface area contributed by atoms with Gasteiger partial charge in [-0.2, -0.15) is 0 Å². The SMILES string of the molecule is C=CCc1cc(/C=C2\C(=O)NC(=O)N(Cc3ccco3)C2=O)cc(OCC)c1OCC. The summed E-state index contributed by atoms with van der Waals surface area (Å²) in [5, 5.41) is 2.20. The Balaban J connectivity index is 2.01. The first-order valence-electron chi connectivity index (χ1n) is 9.93. The number of allylic oxidation sites excluding steroid dienone is 1. The van der Waals surface area contributed by atoms with Crippen LogP contribution in [0, 0.1) is 0 Å². The highest BCUT2D eigenvalue weighted by molar-refractivity contribution is 6.30. The zero-order chi connectivity index (χ0) is 22.4. The molecule has 0 atom stereocenters.